The molecule has 2 N–H and O–H groups in total. The lowest BCUT2D eigenvalue weighted by Gasteiger charge is -2.11. The molecule has 21 heavy (non-hydrogen) atoms. The molecule has 0 aliphatic carbocycles. The molecule has 8 heteroatoms. The molecule has 0 bridgehead atoms. The molecular weight excluding hydrogens is 364 g/mol. The van der Waals surface area contributed by atoms with Gasteiger partial charge in [-0.1, -0.05) is 27.5 Å². The van der Waals surface area contributed by atoms with Crippen LogP contribution in [0.25, 0.3) is 0 Å². The van der Waals surface area contributed by atoms with Crippen molar-refractivity contribution in [2.24, 2.45) is 0 Å². The van der Waals surface area contributed by atoms with Gasteiger partial charge < -0.3 is 10.4 Å². The highest BCUT2D eigenvalue weighted by Crippen LogP contribution is 2.31. The van der Waals surface area contributed by atoms with Crippen molar-refractivity contribution in [2.75, 3.05) is 5.32 Å². The summed E-state index contributed by atoms with van der Waals surface area (Å²) >= 11 is 9.29. The van der Waals surface area contributed by atoms with E-state index in [1.807, 2.05) is 0 Å². The molecule has 0 unspecified atom stereocenters. The van der Waals surface area contributed by atoms with Gasteiger partial charge in [-0.3, -0.25) is 10.1 Å². The Morgan fingerprint density at radius 1 is 1.24 bits per heavy atom. The third kappa shape index (κ3) is 3.50. The third-order valence-corrected chi connectivity index (χ3v) is 3.46. The van der Waals surface area contributed by atoms with E-state index < -0.39 is 10.9 Å². The average Bonchev–Trinajstić information content (AvgIpc) is 2.42. The summed E-state index contributed by atoms with van der Waals surface area (Å²) in [6.45, 7) is 0. The molecule has 0 radical (unpaired) electrons. The quantitative estimate of drug-likeness (QED) is 0.612. The van der Waals surface area contributed by atoms with Crippen molar-refractivity contribution in [1.29, 1.82) is 0 Å². The van der Waals surface area contributed by atoms with E-state index >= 15 is 0 Å². The first-order chi connectivity index (χ1) is 9.88. The predicted octanol–water partition coefficient (Wildman–Crippen LogP) is 4.45. The number of nitrogens with zero attached hydrogens (tertiary/aromatic N) is 1. The van der Waals surface area contributed by atoms with E-state index in [9.17, 15) is 14.9 Å². The molecule has 0 heterocycles. The zero-order valence-corrected chi connectivity index (χ0v) is 12.7. The van der Waals surface area contributed by atoms with Crippen LogP contribution < -0.4 is 5.32 Å². The van der Waals surface area contributed by atoms with Gasteiger partial charge >= 0.3 is 5.97 Å². The fourth-order valence-electron chi connectivity index (χ4n) is 1.67. The Bertz CT molecular complexity index is 736. The number of anilines is 2. The summed E-state index contributed by atoms with van der Waals surface area (Å²) in [6.07, 6.45) is 0. The molecule has 2 aromatic carbocycles. The number of nitro benzene ring substituents is 1. The van der Waals surface area contributed by atoms with Gasteiger partial charge in [-0.2, -0.15) is 0 Å². The Morgan fingerprint density at radius 3 is 2.57 bits per heavy atom. The fraction of sp³-hybridized carbons (Fsp3) is 0. The van der Waals surface area contributed by atoms with Crippen LogP contribution in [0.5, 0.6) is 0 Å². The van der Waals surface area contributed by atoms with Crippen molar-refractivity contribution in [2.45, 2.75) is 0 Å². The number of rotatable bonds is 4. The lowest BCUT2D eigenvalue weighted by molar-refractivity contribution is -0.384. The van der Waals surface area contributed by atoms with E-state index in [1.165, 1.54) is 6.07 Å². The van der Waals surface area contributed by atoms with Crippen molar-refractivity contribution in [3.63, 3.8) is 0 Å². The van der Waals surface area contributed by atoms with Crippen molar-refractivity contribution in [3.8, 4) is 0 Å². The molecule has 0 atom stereocenters. The van der Waals surface area contributed by atoms with Crippen molar-refractivity contribution in [1.82, 2.24) is 0 Å². The highest BCUT2D eigenvalue weighted by molar-refractivity contribution is 9.10. The lowest BCUT2D eigenvalue weighted by atomic mass is 10.1. The van der Waals surface area contributed by atoms with Crippen LogP contribution in [0, 0.1) is 10.1 Å². The minimum Gasteiger partial charge on any atom is -0.478 e. The standard InChI is InChI=1S/C13H8BrClN2O4/c14-7-1-4-10(15)12(5-7)16-11-6-8(17(20)21)2-3-9(11)13(18)19/h1-6,16H,(H,18,19). The SMILES string of the molecule is O=C(O)c1ccc([N+](=O)[O-])cc1Nc1cc(Br)ccc1Cl. The van der Waals surface area contributed by atoms with Gasteiger partial charge in [-0.05, 0) is 24.3 Å². The summed E-state index contributed by atoms with van der Waals surface area (Å²) < 4.78 is 0.733. The minimum atomic E-state index is -1.20. The summed E-state index contributed by atoms with van der Waals surface area (Å²) in [5.74, 6) is -1.20. The second-order valence-electron chi connectivity index (χ2n) is 4.04. The third-order valence-electron chi connectivity index (χ3n) is 2.64. The smallest absolute Gasteiger partial charge is 0.337 e. The van der Waals surface area contributed by atoms with Gasteiger partial charge in [0.05, 0.1) is 26.9 Å². The van der Waals surface area contributed by atoms with Gasteiger partial charge in [0.1, 0.15) is 0 Å². The van der Waals surface area contributed by atoms with Crippen molar-refractivity contribution < 1.29 is 14.8 Å². The maximum Gasteiger partial charge on any atom is 0.337 e. The summed E-state index contributed by atoms with van der Waals surface area (Å²) in [7, 11) is 0. The number of halogens is 2. The van der Waals surface area contributed by atoms with Gasteiger partial charge in [0.15, 0.2) is 0 Å². The summed E-state index contributed by atoms with van der Waals surface area (Å²) in [5.41, 5.74) is 0.232. The number of hydrogen-bond acceptors (Lipinski definition) is 4. The zero-order valence-electron chi connectivity index (χ0n) is 10.3. The van der Waals surface area contributed by atoms with Crippen molar-refractivity contribution >= 4 is 50.6 Å². The summed E-state index contributed by atoms with van der Waals surface area (Å²) in [6, 6.07) is 8.45. The molecule has 0 aromatic heterocycles. The van der Waals surface area contributed by atoms with Crippen LogP contribution in [0.4, 0.5) is 17.1 Å². The second-order valence-corrected chi connectivity index (χ2v) is 5.36. The van der Waals surface area contributed by atoms with Gasteiger partial charge in [-0.15, -0.1) is 0 Å². The fourth-order valence-corrected chi connectivity index (χ4v) is 2.20. The number of benzene rings is 2. The monoisotopic (exact) mass is 370 g/mol. The molecular formula is C13H8BrClN2O4. The highest BCUT2D eigenvalue weighted by atomic mass is 79.9. The zero-order chi connectivity index (χ0) is 15.6. The van der Waals surface area contributed by atoms with E-state index in [2.05, 4.69) is 21.2 Å². The highest BCUT2D eigenvalue weighted by Gasteiger charge is 2.16. The molecule has 2 aromatic rings. The first-order valence-corrected chi connectivity index (χ1v) is 6.79. The molecule has 0 aliphatic rings. The van der Waals surface area contributed by atoms with Crippen LogP contribution in [0.2, 0.25) is 5.02 Å². The number of carboxylic acids is 1. The maximum absolute atomic E-state index is 11.2. The molecule has 0 saturated heterocycles. The topological polar surface area (TPSA) is 92.5 Å². The summed E-state index contributed by atoms with van der Waals surface area (Å²) in [4.78, 5) is 21.4. The molecule has 0 spiro atoms. The molecule has 6 nitrogen and oxygen atoms in total. The normalized spacial score (nSPS) is 10.2. The summed E-state index contributed by atoms with van der Waals surface area (Å²) in [5, 5.41) is 23.1. The first kappa shape index (κ1) is 15.3. The van der Waals surface area contributed by atoms with Crippen LogP contribution in [0.3, 0.4) is 0 Å². The molecule has 0 fully saturated rings. The Hall–Kier alpha value is -2.12. The number of aromatic carboxylic acids is 1. The molecule has 0 aliphatic heterocycles. The van der Waals surface area contributed by atoms with Crippen molar-refractivity contribution in [3.05, 3.63) is 61.6 Å². The Morgan fingerprint density at radius 2 is 1.95 bits per heavy atom. The van der Waals surface area contributed by atoms with Gasteiger partial charge in [0, 0.05) is 16.6 Å². The van der Waals surface area contributed by atoms with Crippen LogP contribution in [0.1, 0.15) is 10.4 Å². The van der Waals surface area contributed by atoms with Gasteiger partial charge in [-0.25, -0.2) is 4.79 Å². The van der Waals surface area contributed by atoms with Gasteiger partial charge in [0.2, 0.25) is 0 Å². The van der Waals surface area contributed by atoms with Crippen LogP contribution in [-0.2, 0) is 0 Å². The van der Waals surface area contributed by atoms with Gasteiger partial charge in [0.25, 0.3) is 5.69 Å². The molecule has 0 amide bonds. The minimum absolute atomic E-state index is 0.0864. The second kappa shape index (κ2) is 6.11. The van der Waals surface area contributed by atoms with E-state index in [0.29, 0.717) is 10.7 Å². The number of nitrogens with one attached hydrogen (secondary N) is 1. The molecule has 108 valence electrons. The Labute approximate surface area is 132 Å². The van der Waals surface area contributed by atoms with Crippen LogP contribution >= 0.6 is 27.5 Å². The molecule has 2 rings (SSSR count). The Kier molecular flexibility index (Phi) is 4.44. The molecule has 0 saturated carbocycles. The number of non-ortho nitro benzene ring substituents is 1. The van der Waals surface area contributed by atoms with E-state index in [0.717, 1.165) is 16.6 Å². The number of hydrogen-bond donors (Lipinski definition) is 2. The maximum atomic E-state index is 11.2. The lowest BCUT2D eigenvalue weighted by Crippen LogP contribution is -2.04. The van der Waals surface area contributed by atoms with Crippen LogP contribution in [-0.4, -0.2) is 16.0 Å². The van der Waals surface area contributed by atoms with E-state index in [1.54, 1.807) is 18.2 Å². The number of carbonyl (C=O) groups is 1. The average molecular weight is 372 g/mol. The van der Waals surface area contributed by atoms with Crippen LogP contribution in [0.15, 0.2) is 40.9 Å². The number of carboxylic acid groups (broad SMARTS) is 1. The largest absolute Gasteiger partial charge is 0.478 e. The van der Waals surface area contributed by atoms with E-state index in [4.69, 9.17) is 16.7 Å². The Balaban J connectivity index is 2.50. The van der Waals surface area contributed by atoms with E-state index in [-0.39, 0.29) is 16.9 Å². The number of nitro groups is 1. The predicted molar refractivity (Wildman–Crippen MR) is 82.5 cm³/mol. The first-order valence-electron chi connectivity index (χ1n) is 5.62.